The van der Waals surface area contributed by atoms with Crippen molar-refractivity contribution in [1.29, 1.82) is 0 Å². The maximum atomic E-state index is 13.7. The third-order valence-corrected chi connectivity index (χ3v) is 6.15. The van der Waals surface area contributed by atoms with Crippen molar-refractivity contribution < 1.29 is 13.9 Å². The van der Waals surface area contributed by atoms with E-state index >= 15 is 0 Å². The lowest BCUT2D eigenvalue weighted by Crippen LogP contribution is -2.30. The van der Waals surface area contributed by atoms with Gasteiger partial charge in [0.2, 0.25) is 0 Å². The lowest BCUT2D eigenvalue weighted by molar-refractivity contribution is 0.0600. The van der Waals surface area contributed by atoms with Gasteiger partial charge in [-0.3, -0.25) is 4.98 Å². The van der Waals surface area contributed by atoms with Crippen molar-refractivity contribution in [2.45, 2.75) is 12.1 Å². The van der Waals surface area contributed by atoms with Crippen molar-refractivity contribution in [3.05, 3.63) is 114 Å². The molecule has 6 nitrogen and oxygen atoms in total. The van der Waals surface area contributed by atoms with Crippen molar-refractivity contribution in [2.24, 2.45) is 0 Å². The number of thiocarbonyl (C=S) groups is 1. The molecule has 3 heterocycles. The van der Waals surface area contributed by atoms with Crippen LogP contribution in [0.1, 0.15) is 33.8 Å². The molecule has 8 heteroatoms. The maximum Gasteiger partial charge on any atom is 0.337 e. The van der Waals surface area contributed by atoms with E-state index in [0.717, 1.165) is 22.8 Å². The molecule has 1 aliphatic heterocycles. The number of pyridine rings is 1. The van der Waals surface area contributed by atoms with Gasteiger partial charge in [0.15, 0.2) is 5.11 Å². The lowest BCUT2D eigenvalue weighted by atomic mass is 10.0. The molecule has 0 bridgehead atoms. The van der Waals surface area contributed by atoms with Crippen LogP contribution in [0.5, 0.6) is 0 Å². The van der Waals surface area contributed by atoms with E-state index in [0.29, 0.717) is 10.7 Å². The van der Waals surface area contributed by atoms with E-state index in [4.69, 9.17) is 17.0 Å². The zero-order valence-corrected chi connectivity index (χ0v) is 19.1. The fraction of sp³-hybridized carbons (Fsp3) is 0.115. The monoisotopic (exact) mass is 472 g/mol. The molecule has 0 radical (unpaired) electrons. The van der Waals surface area contributed by atoms with Gasteiger partial charge in [0.25, 0.3) is 0 Å². The first kappa shape index (κ1) is 21.8. The molecule has 2 aromatic heterocycles. The smallest absolute Gasteiger partial charge is 0.337 e. The predicted molar refractivity (Wildman–Crippen MR) is 131 cm³/mol. The quantitative estimate of drug-likeness (QED) is 0.327. The van der Waals surface area contributed by atoms with Crippen LogP contribution in [0.2, 0.25) is 0 Å². The van der Waals surface area contributed by atoms with E-state index in [1.54, 1.807) is 30.5 Å². The van der Waals surface area contributed by atoms with E-state index < -0.39 is 5.97 Å². The Morgan fingerprint density at radius 2 is 1.85 bits per heavy atom. The number of ether oxygens (including phenoxy) is 1. The number of aromatic nitrogens is 2. The van der Waals surface area contributed by atoms with Crippen molar-refractivity contribution in [1.82, 2.24) is 14.9 Å². The van der Waals surface area contributed by atoms with Crippen molar-refractivity contribution in [2.75, 3.05) is 12.0 Å². The highest BCUT2D eigenvalue weighted by Gasteiger charge is 2.42. The summed E-state index contributed by atoms with van der Waals surface area (Å²) in [5.41, 5.74) is 3.78. The van der Waals surface area contributed by atoms with Gasteiger partial charge in [-0.25, -0.2) is 9.18 Å². The molecular formula is C26H21FN4O2S. The molecule has 1 N–H and O–H groups in total. The first-order valence-corrected chi connectivity index (χ1v) is 11.1. The SMILES string of the molecule is COC(=O)c1cccc(-n2cccc2[C@H]2[C@H](c3ccccn3)NC(=S)N2c2ccc(F)cc2)c1. The van der Waals surface area contributed by atoms with Gasteiger partial charge < -0.3 is 19.5 Å². The summed E-state index contributed by atoms with van der Waals surface area (Å²) in [5, 5.41) is 3.92. The van der Waals surface area contributed by atoms with Gasteiger partial charge in [-0.15, -0.1) is 0 Å². The average molecular weight is 473 g/mol. The van der Waals surface area contributed by atoms with E-state index in [1.165, 1.54) is 19.2 Å². The Morgan fingerprint density at radius 1 is 1.03 bits per heavy atom. The second-order valence-corrected chi connectivity index (χ2v) is 8.20. The number of methoxy groups -OCH3 is 1. The number of benzene rings is 2. The number of anilines is 1. The molecule has 34 heavy (non-hydrogen) atoms. The lowest BCUT2D eigenvalue weighted by Gasteiger charge is -2.29. The molecular weight excluding hydrogens is 451 g/mol. The number of hydrogen-bond acceptors (Lipinski definition) is 4. The predicted octanol–water partition coefficient (Wildman–Crippen LogP) is 4.98. The average Bonchev–Trinajstić information content (AvgIpc) is 3.49. The van der Waals surface area contributed by atoms with E-state index in [2.05, 4.69) is 10.3 Å². The first-order valence-electron chi connectivity index (χ1n) is 10.7. The molecule has 0 aliphatic carbocycles. The highest BCUT2D eigenvalue weighted by Crippen LogP contribution is 2.42. The van der Waals surface area contributed by atoms with E-state index in [1.807, 2.05) is 58.1 Å². The van der Waals surface area contributed by atoms with Crippen molar-refractivity contribution in [3.8, 4) is 5.69 Å². The molecule has 1 fully saturated rings. The molecule has 0 unspecified atom stereocenters. The third kappa shape index (κ3) is 3.92. The van der Waals surface area contributed by atoms with Crippen LogP contribution in [0.4, 0.5) is 10.1 Å². The van der Waals surface area contributed by atoms with Crippen LogP contribution in [0.3, 0.4) is 0 Å². The number of nitrogens with one attached hydrogen (secondary N) is 1. The fourth-order valence-corrected chi connectivity index (χ4v) is 4.65. The van der Waals surface area contributed by atoms with Crippen LogP contribution in [-0.4, -0.2) is 27.7 Å². The van der Waals surface area contributed by atoms with E-state index in [9.17, 15) is 9.18 Å². The number of halogens is 1. The van der Waals surface area contributed by atoms with Gasteiger partial charge in [-0.2, -0.15) is 0 Å². The minimum absolute atomic E-state index is 0.254. The molecule has 2 aromatic carbocycles. The van der Waals surface area contributed by atoms with Gasteiger partial charge in [-0.05, 0) is 78.9 Å². The van der Waals surface area contributed by atoms with Gasteiger partial charge in [0.1, 0.15) is 11.9 Å². The summed E-state index contributed by atoms with van der Waals surface area (Å²) in [6.07, 6.45) is 3.68. The second kappa shape index (κ2) is 9.07. The van der Waals surface area contributed by atoms with Gasteiger partial charge in [0, 0.05) is 29.5 Å². The number of hydrogen-bond donors (Lipinski definition) is 1. The summed E-state index contributed by atoms with van der Waals surface area (Å²) in [6, 6.07) is 22.7. The van der Waals surface area contributed by atoms with Crippen LogP contribution in [0, 0.1) is 5.82 Å². The molecule has 1 aliphatic rings. The Balaban J connectivity index is 1.65. The Hall–Kier alpha value is -4.04. The molecule has 2 atom stereocenters. The van der Waals surface area contributed by atoms with Crippen LogP contribution in [0.25, 0.3) is 5.69 Å². The van der Waals surface area contributed by atoms with E-state index in [-0.39, 0.29) is 17.9 Å². The standard InChI is InChI=1S/C26H21FN4O2S/c1-33-25(32)17-6-4-7-20(16-17)30-15-5-9-22(30)24-23(21-8-2-3-14-28-21)29-26(34)31(24)19-12-10-18(27)11-13-19/h2-16,23-24H,1H3,(H,29,34)/t23-,24-/m0/s1. The zero-order valence-electron chi connectivity index (χ0n) is 18.3. The van der Waals surface area contributed by atoms with Crippen molar-refractivity contribution >= 4 is 29.0 Å². The van der Waals surface area contributed by atoms with Gasteiger partial charge in [-0.1, -0.05) is 12.1 Å². The summed E-state index contributed by atoms with van der Waals surface area (Å²) in [6.45, 7) is 0. The highest BCUT2D eigenvalue weighted by molar-refractivity contribution is 7.80. The second-order valence-electron chi connectivity index (χ2n) is 7.82. The van der Waals surface area contributed by atoms with Crippen molar-refractivity contribution in [3.63, 3.8) is 0 Å². The van der Waals surface area contributed by atoms with Crippen LogP contribution >= 0.6 is 12.2 Å². The largest absolute Gasteiger partial charge is 0.465 e. The Kier molecular flexibility index (Phi) is 5.81. The first-order chi connectivity index (χ1) is 16.6. The van der Waals surface area contributed by atoms with Gasteiger partial charge >= 0.3 is 5.97 Å². The van der Waals surface area contributed by atoms with Crippen LogP contribution in [0.15, 0.2) is 91.3 Å². The zero-order chi connectivity index (χ0) is 23.7. The number of carbonyl (C=O) groups is 1. The highest BCUT2D eigenvalue weighted by atomic mass is 32.1. The summed E-state index contributed by atoms with van der Waals surface area (Å²) >= 11 is 5.74. The molecule has 1 saturated heterocycles. The topological polar surface area (TPSA) is 59.4 Å². The Bertz CT molecular complexity index is 1340. The molecule has 5 rings (SSSR count). The third-order valence-electron chi connectivity index (χ3n) is 5.83. The minimum atomic E-state index is -0.404. The normalized spacial score (nSPS) is 17.5. The minimum Gasteiger partial charge on any atom is -0.465 e. The number of carbonyl (C=O) groups excluding carboxylic acids is 1. The Morgan fingerprint density at radius 3 is 2.59 bits per heavy atom. The molecule has 170 valence electrons. The number of esters is 1. The number of rotatable bonds is 5. The molecule has 0 spiro atoms. The summed E-state index contributed by atoms with van der Waals surface area (Å²) in [7, 11) is 1.36. The maximum absolute atomic E-state index is 13.7. The molecule has 4 aromatic rings. The molecule has 0 saturated carbocycles. The van der Waals surface area contributed by atoms with Crippen LogP contribution < -0.4 is 10.2 Å². The van der Waals surface area contributed by atoms with Crippen LogP contribution in [-0.2, 0) is 4.74 Å². The summed E-state index contributed by atoms with van der Waals surface area (Å²) < 4.78 is 20.6. The Labute approximate surface area is 201 Å². The summed E-state index contributed by atoms with van der Waals surface area (Å²) in [4.78, 5) is 18.7. The summed E-state index contributed by atoms with van der Waals surface area (Å²) in [5.74, 6) is -0.721. The number of nitrogens with zero attached hydrogens (tertiary/aromatic N) is 3. The molecule has 0 amide bonds. The fourth-order valence-electron chi connectivity index (χ4n) is 4.31. The van der Waals surface area contributed by atoms with Gasteiger partial charge in [0.05, 0.1) is 24.4 Å².